The molecule has 1 N–H and O–H groups in total. The SMILES string of the molecule is O=C(Cc1ccc(Cl)cc1)Nc1cccc(-c2ccc(N3CCOCC3)nn2)c1. The first-order chi connectivity index (χ1) is 14.2. The minimum atomic E-state index is -0.0850. The van der Waals surface area contributed by atoms with Gasteiger partial charge < -0.3 is 15.0 Å². The molecule has 2 heterocycles. The van der Waals surface area contributed by atoms with Gasteiger partial charge in [-0.05, 0) is 42.0 Å². The first-order valence-corrected chi connectivity index (χ1v) is 9.86. The van der Waals surface area contributed by atoms with Crippen molar-refractivity contribution >= 4 is 29.0 Å². The van der Waals surface area contributed by atoms with E-state index in [0.717, 1.165) is 41.4 Å². The van der Waals surface area contributed by atoms with E-state index in [4.69, 9.17) is 16.3 Å². The fourth-order valence-electron chi connectivity index (χ4n) is 3.19. The molecule has 1 aromatic heterocycles. The Kier molecular flexibility index (Phi) is 6.03. The van der Waals surface area contributed by atoms with E-state index in [1.54, 1.807) is 12.1 Å². The third kappa shape index (κ3) is 5.10. The lowest BCUT2D eigenvalue weighted by Gasteiger charge is -2.27. The molecule has 1 aliphatic rings. The number of carbonyl (C=O) groups is 1. The standard InChI is InChI=1S/C22H21ClN4O2/c23-18-6-4-16(5-7-18)14-22(28)24-19-3-1-2-17(15-19)20-8-9-21(26-25-20)27-10-12-29-13-11-27/h1-9,15H,10-14H2,(H,24,28). The van der Waals surface area contributed by atoms with Crippen LogP contribution in [0.25, 0.3) is 11.3 Å². The topological polar surface area (TPSA) is 67.4 Å². The van der Waals surface area contributed by atoms with E-state index in [-0.39, 0.29) is 12.3 Å². The molecule has 4 rings (SSSR count). The minimum absolute atomic E-state index is 0.0850. The Labute approximate surface area is 174 Å². The molecule has 2 aromatic carbocycles. The van der Waals surface area contributed by atoms with Gasteiger partial charge >= 0.3 is 0 Å². The maximum absolute atomic E-state index is 12.3. The van der Waals surface area contributed by atoms with Gasteiger partial charge in [-0.15, -0.1) is 10.2 Å². The Hall–Kier alpha value is -2.96. The number of benzene rings is 2. The Morgan fingerprint density at radius 2 is 1.83 bits per heavy atom. The van der Waals surface area contributed by atoms with Crippen molar-refractivity contribution in [2.75, 3.05) is 36.5 Å². The highest BCUT2D eigenvalue weighted by molar-refractivity contribution is 6.30. The second-order valence-corrected chi connectivity index (χ2v) is 7.24. The molecule has 0 spiro atoms. The van der Waals surface area contributed by atoms with Crippen molar-refractivity contribution in [1.82, 2.24) is 10.2 Å². The van der Waals surface area contributed by atoms with Crippen LogP contribution in [0.15, 0.2) is 60.7 Å². The minimum Gasteiger partial charge on any atom is -0.378 e. The number of aromatic nitrogens is 2. The number of amides is 1. The summed E-state index contributed by atoms with van der Waals surface area (Å²) in [6.07, 6.45) is 0.287. The summed E-state index contributed by atoms with van der Waals surface area (Å²) in [5, 5.41) is 12.3. The highest BCUT2D eigenvalue weighted by Gasteiger charge is 2.13. The summed E-state index contributed by atoms with van der Waals surface area (Å²) in [4.78, 5) is 14.5. The zero-order valence-electron chi connectivity index (χ0n) is 15.8. The normalized spacial score (nSPS) is 13.9. The van der Waals surface area contributed by atoms with Crippen LogP contribution >= 0.6 is 11.6 Å². The molecule has 1 fully saturated rings. The lowest BCUT2D eigenvalue weighted by atomic mass is 10.1. The van der Waals surface area contributed by atoms with Gasteiger partial charge in [0.25, 0.3) is 0 Å². The summed E-state index contributed by atoms with van der Waals surface area (Å²) in [5.74, 6) is 0.766. The maximum Gasteiger partial charge on any atom is 0.228 e. The molecule has 0 radical (unpaired) electrons. The maximum atomic E-state index is 12.3. The molecule has 3 aromatic rings. The number of nitrogens with zero attached hydrogens (tertiary/aromatic N) is 3. The van der Waals surface area contributed by atoms with Crippen LogP contribution in [0.2, 0.25) is 5.02 Å². The number of rotatable bonds is 5. The summed E-state index contributed by atoms with van der Waals surface area (Å²) >= 11 is 5.89. The van der Waals surface area contributed by atoms with Crippen LogP contribution in [0.3, 0.4) is 0 Å². The third-order valence-corrected chi connectivity index (χ3v) is 4.96. The number of morpholine rings is 1. The molecule has 1 aliphatic heterocycles. The van der Waals surface area contributed by atoms with Gasteiger partial charge in [-0.2, -0.15) is 0 Å². The summed E-state index contributed by atoms with van der Waals surface area (Å²) < 4.78 is 5.37. The number of nitrogens with one attached hydrogen (secondary N) is 1. The number of anilines is 2. The van der Waals surface area contributed by atoms with Crippen molar-refractivity contribution in [3.05, 3.63) is 71.2 Å². The van der Waals surface area contributed by atoms with Crippen molar-refractivity contribution < 1.29 is 9.53 Å². The highest BCUT2D eigenvalue weighted by Crippen LogP contribution is 2.22. The molecule has 6 nitrogen and oxygen atoms in total. The van der Waals surface area contributed by atoms with Crippen LogP contribution in [0.1, 0.15) is 5.56 Å². The summed E-state index contributed by atoms with van der Waals surface area (Å²) in [5.41, 5.74) is 3.29. The summed E-state index contributed by atoms with van der Waals surface area (Å²) in [7, 11) is 0. The van der Waals surface area contributed by atoms with Crippen molar-refractivity contribution in [3.8, 4) is 11.3 Å². The van der Waals surface area contributed by atoms with E-state index < -0.39 is 0 Å². The smallest absolute Gasteiger partial charge is 0.228 e. The Morgan fingerprint density at radius 1 is 1.03 bits per heavy atom. The molecule has 0 aliphatic carbocycles. The van der Waals surface area contributed by atoms with E-state index in [9.17, 15) is 4.79 Å². The van der Waals surface area contributed by atoms with E-state index in [0.29, 0.717) is 18.2 Å². The van der Waals surface area contributed by atoms with E-state index in [2.05, 4.69) is 20.4 Å². The van der Waals surface area contributed by atoms with Crippen LogP contribution < -0.4 is 10.2 Å². The van der Waals surface area contributed by atoms with E-state index in [1.807, 2.05) is 48.5 Å². The fraction of sp³-hybridized carbons (Fsp3) is 0.227. The number of hydrogen-bond acceptors (Lipinski definition) is 5. The predicted octanol–water partition coefficient (Wildman–Crippen LogP) is 3.81. The zero-order valence-corrected chi connectivity index (χ0v) is 16.6. The van der Waals surface area contributed by atoms with Gasteiger partial charge in [-0.25, -0.2) is 0 Å². The predicted molar refractivity (Wildman–Crippen MR) is 114 cm³/mol. The monoisotopic (exact) mass is 408 g/mol. The average molecular weight is 409 g/mol. The molecule has 148 valence electrons. The van der Waals surface area contributed by atoms with Gasteiger partial charge in [-0.3, -0.25) is 4.79 Å². The molecular formula is C22H21ClN4O2. The second kappa shape index (κ2) is 9.03. The molecule has 29 heavy (non-hydrogen) atoms. The summed E-state index contributed by atoms with van der Waals surface area (Å²) in [6.45, 7) is 3.06. The lowest BCUT2D eigenvalue weighted by Crippen LogP contribution is -2.36. The Balaban J connectivity index is 1.42. The molecule has 0 saturated carbocycles. The van der Waals surface area contributed by atoms with Crippen LogP contribution in [0.4, 0.5) is 11.5 Å². The van der Waals surface area contributed by atoms with Crippen LogP contribution in [0.5, 0.6) is 0 Å². The molecule has 1 saturated heterocycles. The molecule has 0 unspecified atom stereocenters. The summed E-state index contributed by atoms with van der Waals surface area (Å²) in [6, 6.07) is 18.8. The van der Waals surface area contributed by atoms with Crippen LogP contribution in [0, 0.1) is 0 Å². The van der Waals surface area contributed by atoms with Gasteiger partial charge in [-0.1, -0.05) is 35.9 Å². The number of hydrogen-bond donors (Lipinski definition) is 1. The molecule has 1 amide bonds. The molecular weight excluding hydrogens is 388 g/mol. The van der Waals surface area contributed by atoms with E-state index >= 15 is 0 Å². The van der Waals surface area contributed by atoms with Gasteiger partial charge in [0, 0.05) is 29.4 Å². The van der Waals surface area contributed by atoms with Gasteiger partial charge in [0.1, 0.15) is 0 Å². The molecule has 0 bridgehead atoms. The van der Waals surface area contributed by atoms with Gasteiger partial charge in [0.2, 0.25) is 5.91 Å². The lowest BCUT2D eigenvalue weighted by molar-refractivity contribution is -0.115. The fourth-order valence-corrected chi connectivity index (χ4v) is 3.32. The average Bonchev–Trinajstić information content (AvgIpc) is 2.76. The quantitative estimate of drug-likeness (QED) is 0.695. The first-order valence-electron chi connectivity index (χ1n) is 9.48. The third-order valence-electron chi connectivity index (χ3n) is 4.71. The highest BCUT2D eigenvalue weighted by atomic mass is 35.5. The van der Waals surface area contributed by atoms with Crippen LogP contribution in [-0.4, -0.2) is 42.4 Å². The Bertz CT molecular complexity index is 971. The van der Waals surface area contributed by atoms with Gasteiger partial charge in [0.15, 0.2) is 5.82 Å². The number of carbonyl (C=O) groups excluding carboxylic acids is 1. The van der Waals surface area contributed by atoms with E-state index in [1.165, 1.54) is 0 Å². The molecule has 7 heteroatoms. The first kappa shape index (κ1) is 19.4. The second-order valence-electron chi connectivity index (χ2n) is 6.81. The Morgan fingerprint density at radius 3 is 2.55 bits per heavy atom. The molecule has 0 atom stereocenters. The number of halogens is 1. The van der Waals surface area contributed by atoms with Crippen molar-refractivity contribution in [2.45, 2.75) is 6.42 Å². The van der Waals surface area contributed by atoms with Crippen molar-refractivity contribution in [2.24, 2.45) is 0 Å². The van der Waals surface area contributed by atoms with Gasteiger partial charge in [0.05, 0.1) is 25.3 Å². The largest absolute Gasteiger partial charge is 0.378 e. The van der Waals surface area contributed by atoms with Crippen LogP contribution in [-0.2, 0) is 16.0 Å². The number of ether oxygens (including phenoxy) is 1. The van der Waals surface area contributed by atoms with Crippen molar-refractivity contribution in [1.29, 1.82) is 0 Å². The zero-order chi connectivity index (χ0) is 20.1. The van der Waals surface area contributed by atoms with Crippen molar-refractivity contribution in [3.63, 3.8) is 0 Å².